The Kier molecular flexibility index (Phi) is 2.78. The maximum absolute atomic E-state index is 10.6. The number of hydrogen-bond acceptors (Lipinski definition) is 5. The molecule has 2 aliphatic heterocycles. The van der Waals surface area contributed by atoms with Crippen LogP contribution in [-0.2, 0) is 4.74 Å². The molecular formula is C11H12N2O3S. The molecule has 1 aromatic rings. The lowest BCUT2D eigenvalue weighted by molar-refractivity contribution is -0.384. The first kappa shape index (κ1) is 11.0. The first-order valence-corrected chi connectivity index (χ1v) is 6.60. The highest BCUT2D eigenvalue weighted by Crippen LogP contribution is 2.37. The zero-order valence-electron chi connectivity index (χ0n) is 9.11. The molecule has 2 saturated heterocycles. The van der Waals surface area contributed by atoms with Crippen LogP contribution >= 0.6 is 11.8 Å². The highest BCUT2D eigenvalue weighted by Gasteiger charge is 2.38. The second kappa shape index (κ2) is 4.29. The molecule has 0 aromatic heterocycles. The fourth-order valence-electron chi connectivity index (χ4n) is 2.24. The van der Waals surface area contributed by atoms with Gasteiger partial charge in [0.15, 0.2) is 0 Å². The van der Waals surface area contributed by atoms with Crippen molar-refractivity contribution in [1.29, 1.82) is 0 Å². The van der Waals surface area contributed by atoms with Gasteiger partial charge in [0.25, 0.3) is 5.69 Å². The molecule has 3 rings (SSSR count). The summed E-state index contributed by atoms with van der Waals surface area (Å²) < 4.78 is 5.75. The number of non-ortho nitro benzene ring substituents is 1. The van der Waals surface area contributed by atoms with Crippen molar-refractivity contribution in [3.8, 4) is 0 Å². The topological polar surface area (TPSA) is 55.6 Å². The minimum Gasteiger partial charge on any atom is -0.357 e. The van der Waals surface area contributed by atoms with Gasteiger partial charge < -0.3 is 4.74 Å². The maximum atomic E-state index is 10.6. The smallest absolute Gasteiger partial charge is 0.269 e. The van der Waals surface area contributed by atoms with E-state index in [1.165, 1.54) is 12.1 Å². The number of thioether (sulfide) groups is 1. The highest BCUT2D eigenvalue weighted by molar-refractivity contribution is 7.99. The van der Waals surface area contributed by atoms with Gasteiger partial charge in [-0.1, -0.05) is 0 Å². The lowest BCUT2D eigenvalue weighted by Gasteiger charge is -2.20. The summed E-state index contributed by atoms with van der Waals surface area (Å²) in [5.74, 6) is 2.09. The van der Waals surface area contributed by atoms with Crippen LogP contribution in [0.25, 0.3) is 0 Å². The molecule has 0 aliphatic carbocycles. The van der Waals surface area contributed by atoms with Crippen molar-refractivity contribution in [2.75, 3.05) is 18.2 Å². The summed E-state index contributed by atoms with van der Waals surface area (Å²) >= 11 is 1.91. The van der Waals surface area contributed by atoms with Gasteiger partial charge in [-0.25, -0.2) is 0 Å². The van der Waals surface area contributed by atoms with Gasteiger partial charge >= 0.3 is 0 Å². The van der Waals surface area contributed by atoms with Gasteiger partial charge in [0.2, 0.25) is 0 Å². The molecule has 2 unspecified atom stereocenters. The van der Waals surface area contributed by atoms with E-state index in [4.69, 9.17) is 4.74 Å². The largest absolute Gasteiger partial charge is 0.357 e. The normalized spacial score (nSPS) is 28.2. The zero-order valence-corrected chi connectivity index (χ0v) is 9.93. The second-order valence-corrected chi connectivity index (χ2v) is 5.20. The number of rotatable bonds is 2. The van der Waals surface area contributed by atoms with Crippen molar-refractivity contribution in [1.82, 2.24) is 4.90 Å². The van der Waals surface area contributed by atoms with Gasteiger partial charge in [-0.15, -0.1) is 11.8 Å². The van der Waals surface area contributed by atoms with Crippen LogP contribution in [0, 0.1) is 10.1 Å². The average Bonchev–Trinajstić information content (AvgIpc) is 2.90. The Hall–Kier alpha value is -1.11. The summed E-state index contributed by atoms with van der Waals surface area (Å²) in [5.41, 5.74) is 1.12. The lowest BCUT2D eigenvalue weighted by atomic mass is 10.1. The molecule has 2 aliphatic rings. The SMILES string of the molecule is O=[N+]([O-])c1ccc(C2OCC3CSCN32)cc1. The predicted molar refractivity (Wildman–Crippen MR) is 64.7 cm³/mol. The first-order chi connectivity index (χ1) is 8.25. The number of fused-ring (bicyclic) bond motifs is 1. The summed E-state index contributed by atoms with van der Waals surface area (Å²) in [5, 5.41) is 10.6. The number of benzene rings is 1. The van der Waals surface area contributed by atoms with Gasteiger partial charge in [-0.2, -0.15) is 0 Å². The van der Waals surface area contributed by atoms with Crippen LogP contribution in [0.3, 0.4) is 0 Å². The van der Waals surface area contributed by atoms with Gasteiger partial charge in [-0.05, 0) is 17.7 Å². The van der Waals surface area contributed by atoms with Gasteiger partial charge in [-0.3, -0.25) is 15.0 Å². The fourth-order valence-corrected chi connectivity index (χ4v) is 3.47. The van der Waals surface area contributed by atoms with Crippen LogP contribution in [0.1, 0.15) is 11.8 Å². The molecule has 5 nitrogen and oxygen atoms in total. The fraction of sp³-hybridized carbons (Fsp3) is 0.455. The molecule has 1 aromatic carbocycles. The number of nitrogens with zero attached hydrogens (tertiary/aromatic N) is 2. The third kappa shape index (κ3) is 1.92. The Bertz CT molecular complexity index is 437. The standard InChI is InChI=1S/C11H12N2O3S/c14-13(15)9-3-1-8(2-4-9)11-12-7-17-6-10(12)5-16-11/h1-4,10-11H,5-7H2. The van der Waals surface area contributed by atoms with Crippen molar-refractivity contribution in [3.63, 3.8) is 0 Å². The van der Waals surface area contributed by atoms with Crippen molar-refractivity contribution in [2.24, 2.45) is 0 Å². The van der Waals surface area contributed by atoms with Gasteiger partial charge in [0, 0.05) is 29.8 Å². The van der Waals surface area contributed by atoms with E-state index in [-0.39, 0.29) is 16.8 Å². The van der Waals surface area contributed by atoms with Crippen molar-refractivity contribution in [3.05, 3.63) is 39.9 Å². The van der Waals surface area contributed by atoms with E-state index in [9.17, 15) is 10.1 Å². The minimum atomic E-state index is -0.381. The summed E-state index contributed by atoms with van der Waals surface area (Å²) in [6.45, 7) is 0.759. The van der Waals surface area contributed by atoms with Crippen LogP contribution in [-0.4, -0.2) is 34.1 Å². The molecule has 2 atom stereocenters. The van der Waals surface area contributed by atoms with Gasteiger partial charge in [0.1, 0.15) is 6.23 Å². The van der Waals surface area contributed by atoms with E-state index < -0.39 is 0 Å². The van der Waals surface area contributed by atoms with Crippen LogP contribution in [0.2, 0.25) is 0 Å². The minimum absolute atomic E-state index is 0.0317. The molecule has 0 spiro atoms. The third-order valence-electron chi connectivity index (χ3n) is 3.16. The molecule has 0 saturated carbocycles. The molecular weight excluding hydrogens is 240 g/mol. The highest BCUT2D eigenvalue weighted by atomic mass is 32.2. The second-order valence-electron chi connectivity index (χ2n) is 4.20. The summed E-state index contributed by atoms with van der Waals surface area (Å²) in [4.78, 5) is 12.5. The Morgan fingerprint density at radius 3 is 2.88 bits per heavy atom. The van der Waals surface area contributed by atoms with E-state index in [2.05, 4.69) is 4.90 Å². The van der Waals surface area contributed by atoms with E-state index in [0.29, 0.717) is 6.04 Å². The first-order valence-electron chi connectivity index (χ1n) is 5.45. The molecule has 0 amide bonds. The average molecular weight is 252 g/mol. The Labute approximate surface area is 103 Å². The number of ether oxygens (including phenoxy) is 1. The molecule has 0 N–H and O–H groups in total. The molecule has 90 valence electrons. The van der Waals surface area contributed by atoms with Crippen LogP contribution in [0.15, 0.2) is 24.3 Å². The summed E-state index contributed by atoms with van der Waals surface area (Å²) in [7, 11) is 0. The summed E-state index contributed by atoms with van der Waals surface area (Å²) in [6.07, 6.45) is -0.0317. The van der Waals surface area contributed by atoms with Crippen molar-refractivity contribution in [2.45, 2.75) is 12.3 Å². The zero-order chi connectivity index (χ0) is 11.8. The monoisotopic (exact) mass is 252 g/mol. The quantitative estimate of drug-likeness (QED) is 0.595. The molecule has 2 fully saturated rings. The van der Waals surface area contributed by atoms with E-state index in [1.807, 2.05) is 11.8 Å². The Morgan fingerprint density at radius 1 is 1.41 bits per heavy atom. The van der Waals surface area contributed by atoms with E-state index in [0.717, 1.165) is 23.8 Å². The van der Waals surface area contributed by atoms with Crippen molar-refractivity contribution >= 4 is 17.4 Å². The number of hydrogen-bond donors (Lipinski definition) is 0. The molecule has 0 radical (unpaired) electrons. The summed E-state index contributed by atoms with van der Waals surface area (Å²) in [6, 6.07) is 7.15. The van der Waals surface area contributed by atoms with E-state index in [1.54, 1.807) is 12.1 Å². The maximum Gasteiger partial charge on any atom is 0.269 e. The van der Waals surface area contributed by atoms with E-state index >= 15 is 0 Å². The van der Waals surface area contributed by atoms with Crippen LogP contribution in [0.5, 0.6) is 0 Å². The molecule has 17 heavy (non-hydrogen) atoms. The molecule has 2 heterocycles. The molecule has 6 heteroatoms. The number of nitro groups is 1. The van der Waals surface area contributed by atoms with Gasteiger partial charge in [0.05, 0.1) is 11.5 Å². The Balaban J connectivity index is 1.82. The molecule has 0 bridgehead atoms. The van der Waals surface area contributed by atoms with Crippen molar-refractivity contribution < 1.29 is 9.66 Å². The number of nitro benzene ring substituents is 1. The van der Waals surface area contributed by atoms with Crippen LogP contribution in [0.4, 0.5) is 5.69 Å². The Morgan fingerprint density at radius 2 is 2.18 bits per heavy atom. The predicted octanol–water partition coefficient (Wildman–Crippen LogP) is 2.00. The lowest BCUT2D eigenvalue weighted by Crippen LogP contribution is -2.27. The third-order valence-corrected chi connectivity index (χ3v) is 4.26. The van der Waals surface area contributed by atoms with Crippen LogP contribution < -0.4 is 0 Å².